The zero-order chi connectivity index (χ0) is 12.5. The molecule has 0 saturated heterocycles. The number of furan rings is 1. The minimum absolute atomic E-state index is 0.0162. The van der Waals surface area contributed by atoms with Gasteiger partial charge in [-0.1, -0.05) is 12.8 Å². The average molecular weight is 301 g/mol. The molecular formula is C12H17BrN2O2. The molecule has 1 heterocycles. The number of carbonyl (C=O) groups excluding carboxylic acids is 1. The number of rotatable bonds is 3. The van der Waals surface area contributed by atoms with E-state index in [-0.39, 0.29) is 5.91 Å². The number of halogens is 1. The van der Waals surface area contributed by atoms with Gasteiger partial charge in [0.15, 0.2) is 4.67 Å². The Morgan fingerprint density at radius 1 is 1.53 bits per heavy atom. The molecule has 1 aliphatic rings. The Bertz CT molecular complexity index is 410. The van der Waals surface area contributed by atoms with Crippen LogP contribution < -0.4 is 5.73 Å². The third-order valence-corrected chi connectivity index (χ3v) is 3.72. The van der Waals surface area contributed by atoms with Crippen LogP contribution in [0.3, 0.4) is 0 Å². The Labute approximate surface area is 109 Å². The highest BCUT2D eigenvalue weighted by molar-refractivity contribution is 9.10. The van der Waals surface area contributed by atoms with Crippen molar-refractivity contribution < 1.29 is 9.21 Å². The first kappa shape index (κ1) is 12.6. The standard InChI is InChI=1S/C12H17BrN2O2/c1-15(8-9-4-5-10(13)17-9)11(16)12(14)6-2-3-7-12/h4-5H,2-3,6-8,14H2,1H3. The fourth-order valence-electron chi connectivity index (χ4n) is 2.34. The van der Waals surface area contributed by atoms with Crippen molar-refractivity contribution in [3.8, 4) is 0 Å². The fourth-order valence-corrected chi connectivity index (χ4v) is 2.68. The maximum absolute atomic E-state index is 12.2. The van der Waals surface area contributed by atoms with Crippen molar-refractivity contribution in [2.45, 2.75) is 37.8 Å². The van der Waals surface area contributed by atoms with Crippen LogP contribution in [-0.2, 0) is 11.3 Å². The molecule has 17 heavy (non-hydrogen) atoms. The van der Waals surface area contributed by atoms with Crippen LogP contribution in [0, 0.1) is 0 Å². The normalized spacial score (nSPS) is 18.3. The topological polar surface area (TPSA) is 59.5 Å². The highest BCUT2D eigenvalue weighted by Crippen LogP contribution is 2.29. The van der Waals surface area contributed by atoms with E-state index in [1.807, 2.05) is 12.1 Å². The van der Waals surface area contributed by atoms with E-state index in [1.54, 1.807) is 11.9 Å². The first-order valence-corrected chi connectivity index (χ1v) is 6.59. The molecule has 1 aromatic rings. The van der Waals surface area contributed by atoms with Crippen LogP contribution in [0.15, 0.2) is 21.2 Å². The summed E-state index contributed by atoms with van der Waals surface area (Å²) in [5.41, 5.74) is 5.48. The average Bonchev–Trinajstić information content (AvgIpc) is 2.88. The van der Waals surface area contributed by atoms with Crippen LogP contribution in [0.2, 0.25) is 0 Å². The van der Waals surface area contributed by atoms with E-state index in [0.29, 0.717) is 11.2 Å². The molecule has 5 heteroatoms. The van der Waals surface area contributed by atoms with Crippen molar-refractivity contribution in [3.63, 3.8) is 0 Å². The molecule has 2 rings (SSSR count). The molecule has 1 aromatic heterocycles. The number of nitrogens with zero attached hydrogens (tertiary/aromatic N) is 1. The van der Waals surface area contributed by atoms with E-state index >= 15 is 0 Å². The molecule has 0 aromatic carbocycles. The molecule has 0 bridgehead atoms. The predicted molar refractivity (Wildman–Crippen MR) is 68.3 cm³/mol. The molecule has 0 atom stereocenters. The number of amides is 1. The monoisotopic (exact) mass is 300 g/mol. The summed E-state index contributed by atoms with van der Waals surface area (Å²) in [5.74, 6) is 0.775. The SMILES string of the molecule is CN(Cc1ccc(Br)o1)C(=O)C1(N)CCCC1. The minimum atomic E-state index is -0.654. The van der Waals surface area contributed by atoms with Crippen molar-refractivity contribution in [3.05, 3.63) is 22.6 Å². The summed E-state index contributed by atoms with van der Waals surface area (Å²) in [4.78, 5) is 13.9. The van der Waals surface area contributed by atoms with Crippen LogP contribution in [0.1, 0.15) is 31.4 Å². The Kier molecular flexibility index (Phi) is 3.58. The van der Waals surface area contributed by atoms with Gasteiger partial charge < -0.3 is 15.1 Å². The van der Waals surface area contributed by atoms with Crippen LogP contribution in [0.4, 0.5) is 0 Å². The van der Waals surface area contributed by atoms with Crippen LogP contribution >= 0.6 is 15.9 Å². The summed E-state index contributed by atoms with van der Waals surface area (Å²) in [6.45, 7) is 0.462. The van der Waals surface area contributed by atoms with Gasteiger partial charge in [0.2, 0.25) is 5.91 Å². The van der Waals surface area contributed by atoms with E-state index < -0.39 is 5.54 Å². The number of hydrogen-bond acceptors (Lipinski definition) is 3. The van der Waals surface area contributed by atoms with Crippen molar-refractivity contribution in [1.29, 1.82) is 0 Å². The van der Waals surface area contributed by atoms with Gasteiger partial charge in [0, 0.05) is 7.05 Å². The summed E-state index contributed by atoms with van der Waals surface area (Å²) in [7, 11) is 1.77. The maximum Gasteiger partial charge on any atom is 0.242 e. The second kappa shape index (κ2) is 4.82. The number of hydrogen-bond donors (Lipinski definition) is 1. The van der Waals surface area contributed by atoms with E-state index in [2.05, 4.69) is 15.9 Å². The second-order valence-electron chi connectivity index (χ2n) is 4.73. The predicted octanol–water partition coefficient (Wildman–Crippen LogP) is 2.27. The van der Waals surface area contributed by atoms with Gasteiger partial charge in [-0.2, -0.15) is 0 Å². The van der Waals surface area contributed by atoms with Gasteiger partial charge in [-0.3, -0.25) is 4.79 Å². The first-order valence-electron chi connectivity index (χ1n) is 5.80. The lowest BCUT2D eigenvalue weighted by molar-refractivity contribution is -0.136. The van der Waals surface area contributed by atoms with Crippen LogP contribution in [-0.4, -0.2) is 23.4 Å². The van der Waals surface area contributed by atoms with Gasteiger partial charge in [0.25, 0.3) is 0 Å². The Morgan fingerprint density at radius 2 is 2.18 bits per heavy atom. The van der Waals surface area contributed by atoms with Gasteiger partial charge in [-0.05, 0) is 40.9 Å². The molecule has 4 nitrogen and oxygen atoms in total. The van der Waals surface area contributed by atoms with E-state index in [9.17, 15) is 4.79 Å². The zero-order valence-electron chi connectivity index (χ0n) is 9.91. The second-order valence-corrected chi connectivity index (χ2v) is 5.51. The molecule has 94 valence electrons. The largest absolute Gasteiger partial charge is 0.452 e. The summed E-state index contributed by atoms with van der Waals surface area (Å²) in [5, 5.41) is 0. The van der Waals surface area contributed by atoms with E-state index in [4.69, 9.17) is 10.2 Å². The van der Waals surface area contributed by atoms with Crippen molar-refractivity contribution >= 4 is 21.8 Å². The summed E-state index contributed by atoms with van der Waals surface area (Å²) in [6, 6.07) is 3.67. The number of likely N-dealkylation sites (N-methyl/N-ethyl adjacent to an activating group) is 1. The lowest BCUT2D eigenvalue weighted by Gasteiger charge is -2.28. The molecule has 1 amide bonds. The van der Waals surface area contributed by atoms with Crippen molar-refractivity contribution in [2.24, 2.45) is 5.73 Å². The summed E-state index contributed by atoms with van der Waals surface area (Å²) in [6.07, 6.45) is 3.67. The zero-order valence-corrected chi connectivity index (χ0v) is 11.5. The molecular weight excluding hydrogens is 284 g/mol. The summed E-state index contributed by atoms with van der Waals surface area (Å²) < 4.78 is 6.06. The number of nitrogens with two attached hydrogens (primary N) is 1. The highest BCUT2D eigenvalue weighted by Gasteiger charge is 2.38. The fraction of sp³-hybridized carbons (Fsp3) is 0.583. The molecule has 1 saturated carbocycles. The molecule has 0 radical (unpaired) electrons. The van der Waals surface area contributed by atoms with Crippen LogP contribution in [0.25, 0.3) is 0 Å². The Hall–Kier alpha value is -0.810. The molecule has 1 fully saturated rings. The van der Waals surface area contributed by atoms with Crippen molar-refractivity contribution in [1.82, 2.24) is 4.90 Å². The Morgan fingerprint density at radius 3 is 2.71 bits per heavy atom. The molecule has 1 aliphatic carbocycles. The van der Waals surface area contributed by atoms with Crippen molar-refractivity contribution in [2.75, 3.05) is 7.05 Å². The van der Waals surface area contributed by atoms with Crippen LogP contribution in [0.5, 0.6) is 0 Å². The third kappa shape index (κ3) is 2.72. The van der Waals surface area contributed by atoms with Gasteiger partial charge in [0.1, 0.15) is 5.76 Å². The van der Waals surface area contributed by atoms with Gasteiger partial charge in [-0.25, -0.2) is 0 Å². The van der Waals surface area contributed by atoms with E-state index in [1.165, 1.54) is 0 Å². The highest BCUT2D eigenvalue weighted by atomic mass is 79.9. The van der Waals surface area contributed by atoms with E-state index in [0.717, 1.165) is 31.4 Å². The molecule has 2 N–H and O–H groups in total. The van der Waals surface area contributed by atoms with Gasteiger partial charge in [0.05, 0.1) is 12.1 Å². The molecule has 0 spiro atoms. The number of carbonyl (C=O) groups is 1. The molecule has 0 aliphatic heterocycles. The lowest BCUT2D eigenvalue weighted by Crippen LogP contribution is -2.52. The smallest absolute Gasteiger partial charge is 0.242 e. The minimum Gasteiger partial charge on any atom is -0.452 e. The quantitative estimate of drug-likeness (QED) is 0.931. The maximum atomic E-state index is 12.2. The lowest BCUT2D eigenvalue weighted by atomic mass is 9.97. The summed E-state index contributed by atoms with van der Waals surface area (Å²) >= 11 is 3.24. The Balaban J connectivity index is 2.00. The molecule has 0 unspecified atom stereocenters. The first-order chi connectivity index (χ1) is 8.01. The van der Waals surface area contributed by atoms with Gasteiger partial charge in [-0.15, -0.1) is 0 Å². The third-order valence-electron chi connectivity index (χ3n) is 3.29. The van der Waals surface area contributed by atoms with Gasteiger partial charge >= 0.3 is 0 Å².